The first-order chi connectivity index (χ1) is 9.08. The molecule has 19 heavy (non-hydrogen) atoms. The first kappa shape index (κ1) is 12.8. The Morgan fingerprint density at radius 2 is 1.84 bits per heavy atom. The number of carbonyl (C=O) groups is 2. The molecular weight excluding hydrogens is 240 g/mol. The highest BCUT2D eigenvalue weighted by Gasteiger charge is 2.09. The molecule has 1 radical (unpaired) electrons. The minimum atomic E-state index is -0.488. The van der Waals surface area contributed by atoms with Crippen LogP contribution < -0.4 is 11.1 Å². The first-order valence-corrected chi connectivity index (χ1v) is 5.76. The quantitative estimate of drug-likeness (QED) is 0.880. The largest absolute Gasteiger partial charge is 0.366 e. The zero-order valence-corrected chi connectivity index (χ0v) is 10.4. The van der Waals surface area contributed by atoms with Crippen molar-refractivity contribution in [2.24, 2.45) is 5.73 Å². The lowest BCUT2D eigenvalue weighted by atomic mass is 9.99. The van der Waals surface area contributed by atoms with Crippen molar-refractivity contribution in [3.05, 3.63) is 54.1 Å². The fourth-order valence-corrected chi connectivity index (χ4v) is 1.82. The number of carbonyl (C=O) groups excluding carboxylic acids is 2. The summed E-state index contributed by atoms with van der Waals surface area (Å²) >= 11 is 0. The van der Waals surface area contributed by atoms with Crippen LogP contribution in [0.5, 0.6) is 0 Å². The smallest absolute Gasteiger partial charge is 0.249 e. The summed E-state index contributed by atoms with van der Waals surface area (Å²) in [4.78, 5) is 22.3. The predicted octanol–water partition coefficient (Wildman–Crippen LogP) is 2.21. The predicted molar refractivity (Wildman–Crippen MR) is 73.5 cm³/mol. The van der Waals surface area contributed by atoms with E-state index in [2.05, 4.69) is 11.4 Å². The maximum atomic E-state index is 11.4. The Balaban J connectivity index is 2.37. The van der Waals surface area contributed by atoms with E-state index in [9.17, 15) is 9.59 Å². The fourth-order valence-electron chi connectivity index (χ4n) is 1.82. The molecule has 2 aromatic carbocycles. The molecule has 0 aliphatic heterocycles. The number of nitrogens with two attached hydrogens (primary N) is 1. The molecular formula is C15H13N2O2. The molecule has 0 saturated carbocycles. The molecule has 2 amide bonds. The van der Waals surface area contributed by atoms with Gasteiger partial charge in [0.2, 0.25) is 11.8 Å². The van der Waals surface area contributed by atoms with Gasteiger partial charge in [0.15, 0.2) is 0 Å². The highest BCUT2D eigenvalue weighted by molar-refractivity contribution is 6.00. The minimum absolute atomic E-state index is 0.125. The Kier molecular flexibility index (Phi) is 3.61. The summed E-state index contributed by atoms with van der Waals surface area (Å²) in [6, 6.07) is 15.1. The third-order valence-corrected chi connectivity index (χ3v) is 2.65. The van der Waals surface area contributed by atoms with E-state index in [1.165, 1.54) is 6.92 Å². The third kappa shape index (κ3) is 2.98. The molecule has 95 valence electrons. The molecule has 2 rings (SSSR count). The number of hydrogen-bond donors (Lipinski definition) is 2. The van der Waals surface area contributed by atoms with Crippen LogP contribution in [0.4, 0.5) is 5.69 Å². The Hall–Kier alpha value is -2.62. The number of anilines is 1. The Morgan fingerprint density at radius 3 is 2.42 bits per heavy atom. The Bertz CT molecular complexity index is 618. The number of amides is 2. The zero-order chi connectivity index (χ0) is 13.8. The standard InChI is InChI=1S/C15H13N2O2/c1-10(18)17-12-8-6-11(7-9-12)13-4-2-3-5-14(13)15(16)19/h2,4-9H,1H3,(H2,16,19)(H,17,18). The van der Waals surface area contributed by atoms with Crippen LogP contribution in [0.1, 0.15) is 17.3 Å². The fraction of sp³-hybridized carbons (Fsp3) is 0.0667. The second-order valence-electron chi connectivity index (χ2n) is 4.09. The number of benzene rings is 2. The maximum absolute atomic E-state index is 11.4. The molecule has 4 nitrogen and oxygen atoms in total. The van der Waals surface area contributed by atoms with E-state index in [1.54, 1.807) is 30.3 Å². The number of rotatable bonds is 3. The van der Waals surface area contributed by atoms with Crippen molar-refractivity contribution in [2.75, 3.05) is 5.32 Å². The van der Waals surface area contributed by atoms with Crippen LogP contribution in [0.25, 0.3) is 11.1 Å². The molecule has 0 bridgehead atoms. The summed E-state index contributed by atoms with van der Waals surface area (Å²) in [5.41, 5.74) is 8.07. The van der Waals surface area contributed by atoms with E-state index in [-0.39, 0.29) is 5.91 Å². The van der Waals surface area contributed by atoms with E-state index in [1.807, 2.05) is 12.1 Å². The molecule has 0 aliphatic rings. The SMILES string of the molecule is CC(=O)Nc1ccc(-c2cc[c]cc2C(N)=O)cc1. The monoisotopic (exact) mass is 253 g/mol. The summed E-state index contributed by atoms with van der Waals surface area (Å²) in [7, 11) is 0. The average molecular weight is 253 g/mol. The lowest BCUT2D eigenvalue weighted by Crippen LogP contribution is -2.12. The van der Waals surface area contributed by atoms with Crippen molar-refractivity contribution in [3.63, 3.8) is 0 Å². The van der Waals surface area contributed by atoms with Crippen LogP contribution in [0.2, 0.25) is 0 Å². The van der Waals surface area contributed by atoms with Crippen LogP contribution >= 0.6 is 0 Å². The Labute approximate surface area is 111 Å². The first-order valence-electron chi connectivity index (χ1n) is 5.76. The summed E-state index contributed by atoms with van der Waals surface area (Å²) < 4.78 is 0. The van der Waals surface area contributed by atoms with Gasteiger partial charge in [0.05, 0.1) is 0 Å². The van der Waals surface area contributed by atoms with Gasteiger partial charge >= 0.3 is 0 Å². The van der Waals surface area contributed by atoms with Crippen LogP contribution in [0, 0.1) is 6.07 Å². The van der Waals surface area contributed by atoms with Gasteiger partial charge in [-0.25, -0.2) is 0 Å². The van der Waals surface area contributed by atoms with E-state index in [0.29, 0.717) is 11.3 Å². The van der Waals surface area contributed by atoms with Crippen LogP contribution in [-0.4, -0.2) is 11.8 Å². The molecule has 0 atom stereocenters. The van der Waals surface area contributed by atoms with Crippen molar-refractivity contribution in [3.8, 4) is 11.1 Å². The lowest BCUT2D eigenvalue weighted by molar-refractivity contribution is -0.114. The van der Waals surface area contributed by atoms with Crippen molar-refractivity contribution < 1.29 is 9.59 Å². The van der Waals surface area contributed by atoms with Crippen molar-refractivity contribution in [1.29, 1.82) is 0 Å². The number of nitrogens with one attached hydrogen (secondary N) is 1. The van der Waals surface area contributed by atoms with Gasteiger partial charge in [0, 0.05) is 18.2 Å². The van der Waals surface area contributed by atoms with Gasteiger partial charge in [-0.1, -0.05) is 24.3 Å². The van der Waals surface area contributed by atoms with E-state index >= 15 is 0 Å². The average Bonchev–Trinajstić information content (AvgIpc) is 2.39. The molecule has 0 saturated heterocycles. The van der Waals surface area contributed by atoms with Crippen LogP contribution in [0.3, 0.4) is 0 Å². The van der Waals surface area contributed by atoms with Gasteiger partial charge in [-0.05, 0) is 35.4 Å². The van der Waals surface area contributed by atoms with Gasteiger partial charge in [-0.15, -0.1) is 0 Å². The van der Waals surface area contributed by atoms with Gasteiger partial charge in [0.25, 0.3) is 0 Å². The molecule has 0 heterocycles. The molecule has 2 aromatic rings. The van der Waals surface area contributed by atoms with Crippen molar-refractivity contribution in [2.45, 2.75) is 6.92 Å². The highest BCUT2D eigenvalue weighted by atomic mass is 16.1. The number of hydrogen-bond acceptors (Lipinski definition) is 2. The topological polar surface area (TPSA) is 72.2 Å². The normalized spacial score (nSPS) is 9.95. The van der Waals surface area contributed by atoms with Crippen LogP contribution in [0.15, 0.2) is 42.5 Å². The second-order valence-corrected chi connectivity index (χ2v) is 4.09. The van der Waals surface area contributed by atoms with Gasteiger partial charge < -0.3 is 11.1 Å². The van der Waals surface area contributed by atoms with Crippen molar-refractivity contribution in [1.82, 2.24) is 0 Å². The molecule has 3 N–H and O–H groups in total. The van der Waals surface area contributed by atoms with E-state index in [4.69, 9.17) is 5.73 Å². The summed E-state index contributed by atoms with van der Waals surface area (Å²) in [5.74, 6) is -0.613. The summed E-state index contributed by atoms with van der Waals surface area (Å²) in [5, 5.41) is 2.68. The maximum Gasteiger partial charge on any atom is 0.249 e. The van der Waals surface area contributed by atoms with Crippen molar-refractivity contribution >= 4 is 17.5 Å². The molecule has 0 aromatic heterocycles. The minimum Gasteiger partial charge on any atom is -0.366 e. The van der Waals surface area contributed by atoms with Gasteiger partial charge in [-0.2, -0.15) is 0 Å². The lowest BCUT2D eigenvalue weighted by Gasteiger charge is -2.08. The molecule has 4 heteroatoms. The number of primary amides is 1. The van der Waals surface area contributed by atoms with Gasteiger partial charge in [-0.3, -0.25) is 9.59 Å². The molecule has 0 unspecified atom stereocenters. The van der Waals surface area contributed by atoms with E-state index in [0.717, 1.165) is 11.1 Å². The summed E-state index contributed by atoms with van der Waals surface area (Å²) in [6.07, 6.45) is 0. The summed E-state index contributed by atoms with van der Waals surface area (Å²) in [6.45, 7) is 1.45. The highest BCUT2D eigenvalue weighted by Crippen LogP contribution is 2.24. The van der Waals surface area contributed by atoms with Gasteiger partial charge in [0.1, 0.15) is 0 Å². The van der Waals surface area contributed by atoms with Crippen LogP contribution in [-0.2, 0) is 4.79 Å². The third-order valence-electron chi connectivity index (χ3n) is 2.65. The molecule has 0 fully saturated rings. The Morgan fingerprint density at radius 1 is 1.16 bits per heavy atom. The van der Waals surface area contributed by atoms with E-state index < -0.39 is 5.91 Å². The molecule has 0 spiro atoms. The molecule has 0 aliphatic carbocycles. The second kappa shape index (κ2) is 5.35. The zero-order valence-electron chi connectivity index (χ0n) is 10.4.